The molecule has 0 aliphatic rings. The van der Waals surface area contributed by atoms with Gasteiger partial charge in [0.1, 0.15) is 0 Å². The van der Waals surface area contributed by atoms with Gasteiger partial charge in [-0.2, -0.15) is 0 Å². The fourth-order valence-corrected chi connectivity index (χ4v) is 1.32. The van der Waals surface area contributed by atoms with Crippen molar-refractivity contribution in [3.63, 3.8) is 0 Å². The monoisotopic (exact) mass is 251 g/mol. The summed E-state index contributed by atoms with van der Waals surface area (Å²) in [7, 11) is 0. The van der Waals surface area contributed by atoms with E-state index in [9.17, 15) is 4.79 Å². The van der Waals surface area contributed by atoms with Crippen molar-refractivity contribution in [2.24, 2.45) is 11.3 Å². The number of nitrogens with one attached hydrogen (secondary N) is 1. The van der Waals surface area contributed by atoms with Gasteiger partial charge in [-0.3, -0.25) is 15.1 Å². The summed E-state index contributed by atoms with van der Waals surface area (Å²) in [5.41, 5.74) is 2.16. The molecule has 0 aliphatic carbocycles. The molecule has 0 aromatic rings. The molecule has 3 N–H and O–H groups in total. The van der Waals surface area contributed by atoms with E-state index in [1.165, 1.54) is 0 Å². The average Bonchev–Trinajstić information content (AvgIpc) is 2.27. The van der Waals surface area contributed by atoms with E-state index >= 15 is 0 Å². The van der Waals surface area contributed by atoms with Crippen molar-refractivity contribution in [1.82, 2.24) is 10.3 Å². The molecule has 0 saturated carbocycles. The van der Waals surface area contributed by atoms with Crippen LogP contribution in [-0.2, 0) is 4.79 Å². The number of hydrogen-bond acceptors (Lipinski definition) is 3. The predicted octanol–water partition coefficient (Wildman–Crippen LogP) is 1.29. The Hall–Kier alpha value is -1.31. The Labute approximate surface area is 111 Å². The summed E-state index contributed by atoms with van der Waals surface area (Å²) in [5, 5.41) is 0. The molecule has 4 nitrogen and oxygen atoms in total. The van der Waals surface area contributed by atoms with Crippen LogP contribution >= 0.6 is 0 Å². The molecule has 0 heterocycles. The van der Waals surface area contributed by atoms with Gasteiger partial charge in [-0.1, -0.05) is 24.8 Å². The standard InChI is InChI=1S/C14H25N3O/c1-5-10-17(12-13(18)16-15)11-8-6-7-9-14(2,3)4/h6,8H,5,10-12,15H2,1-4H3,(H,16,18). The molecule has 0 aliphatic heterocycles. The maximum Gasteiger partial charge on any atom is 0.248 e. The lowest BCUT2D eigenvalue weighted by molar-refractivity contribution is -0.122. The van der Waals surface area contributed by atoms with Crippen LogP contribution in [0.1, 0.15) is 34.1 Å². The second-order valence-electron chi connectivity index (χ2n) is 5.22. The zero-order chi connectivity index (χ0) is 14.0. The van der Waals surface area contributed by atoms with Crippen molar-refractivity contribution >= 4 is 5.91 Å². The fourth-order valence-electron chi connectivity index (χ4n) is 1.32. The number of rotatable bonds is 6. The predicted molar refractivity (Wildman–Crippen MR) is 75.4 cm³/mol. The van der Waals surface area contributed by atoms with Gasteiger partial charge in [-0.05, 0) is 39.8 Å². The molecule has 0 rings (SSSR count). The highest BCUT2D eigenvalue weighted by atomic mass is 16.2. The van der Waals surface area contributed by atoms with E-state index in [1.807, 2.05) is 17.1 Å². The topological polar surface area (TPSA) is 58.4 Å². The van der Waals surface area contributed by atoms with E-state index in [-0.39, 0.29) is 11.3 Å². The van der Waals surface area contributed by atoms with Crippen molar-refractivity contribution in [3.8, 4) is 11.8 Å². The smallest absolute Gasteiger partial charge is 0.248 e. The Kier molecular flexibility index (Phi) is 8.10. The van der Waals surface area contributed by atoms with Crippen LogP contribution in [0, 0.1) is 17.3 Å². The van der Waals surface area contributed by atoms with Crippen LogP contribution in [0.5, 0.6) is 0 Å². The second kappa shape index (κ2) is 8.73. The van der Waals surface area contributed by atoms with E-state index in [0.717, 1.165) is 13.0 Å². The van der Waals surface area contributed by atoms with E-state index in [1.54, 1.807) is 0 Å². The van der Waals surface area contributed by atoms with Crippen LogP contribution in [0.15, 0.2) is 12.2 Å². The Morgan fingerprint density at radius 3 is 2.61 bits per heavy atom. The Balaban J connectivity index is 4.21. The molecule has 0 bridgehead atoms. The highest BCUT2D eigenvalue weighted by Crippen LogP contribution is 2.09. The van der Waals surface area contributed by atoms with Crippen molar-refractivity contribution in [3.05, 3.63) is 12.2 Å². The molecular formula is C14H25N3O. The van der Waals surface area contributed by atoms with Gasteiger partial charge in [-0.15, -0.1) is 0 Å². The van der Waals surface area contributed by atoms with Crippen LogP contribution in [0.4, 0.5) is 0 Å². The fraction of sp³-hybridized carbons (Fsp3) is 0.643. The quantitative estimate of drug-likeness (QED) is 0.324. The van der Waals surface area contributed by atoms with E-state index in [0.29, 0.717) is 13.1 Å². The Morgan fingerprint density at radius 2 is 2.11 bits per heavy atom. The van der Waals surface area contributed by atoms with Gasteiger partial charge in [0.05, 0.1) is 6.54 Å². The molecule has 0 unspecified atom stereocenters. The largest absolute Gasteiger partial charge is 0.293 e. The highest BCUT2D eigenvalue weighted by Gasteiger charge is 2.06. The molecule has 0 atom stereocenters. The zero-order valence-corrected chi connectivity index (χ0v) is 11.9. The van der Waals surface area contributed by atoms with Crippen LogP contribution in [0.3, 0.4) is 0 Å². The minimum Gasteiger partial charge on any atom is -0.293 e. The molecule has 18 heavy (non-hydrogen) atoms. The van der Waals surface area contributed by atoms with Gasteiger partial charge in [0.2, 0.25) is 5.91 Å². The first-order valence-electron chi connectivity index (χ1n) is 6.28. The third-order valence-electron chi connectivity index (χ3n) is 2.08. The van der Waals surface area contributed by atoms with E-state index in [4.69, 9.17) is 5.84 Å². The average molecular weight is 251 g/mol. The number of nitrogens with zero attached hydrogens (tertiary/aromatic N) is 1. The molecule has 0 aromatic heterocycles. The van der Waals surface area contributed by atoms with Crippen molar-refractivity contribution < 1.29 is 4.79 Å². The normalized spacial score (nSPS) is 11.4. The number of carbonyl (C=O) groups excluding carboxylic acids is 1. The zero-order valence-electron chi connectivity index (χ0n) is 11.9. The van der Waals surface area contributed by atoms with Gasteiger partial charge < -0.3 is 0 Å². The Bertz CT molecular complexity index is 331. The highest BCUT2D eigenvalue weighted by molar-refractivity contribution is 5.77. The molecule has 102 valence electrons. The molecule has 0 spiro atoms. The summed E-state index contributed by atoms with van der Waals surface area (Å²) in [4.78, 5) is 13.2. The van der Waals surface area contributed by atoms with Gasteiger partial charge in [-0.25, -0.2) is 5.84 Å². The molecule has 1 amide bonds. The number of nitrogens with two attached hydrogens (primary N) is 1. The summed E-state index contributed by atoms with van der Waals surface area (Å²) in [6.07, 6.45) is 4.81. The number of hydrazine groups is 1. The first kappa shape index (κ1) is 16.7. The number of allylic oxidation sites excluding steroid dienone is 1. The lowest BCUT2D eigenvalue weighted by Gasteiger charge is -2.18. The summed E-state index contributed by atoms with van der Waals surface area (Å²) in [6, 6.07) is 0. The minimum atomic E-state index is -0.169. The van der Waals surface area contributed by atoms with Gasteiger partial charge in [0.25, 0.3) is 0 Å². The third-order valence-corrected chi connectivity index (χ3v) is 2.08. The van der Waals surface area contributed by atoms with Gasteiger partial charge >= 0.3 is 0 Å². The summed E-state index contributed by atoms with van der Waals surface area (Å²) in [5.74, 6) is 11.0. The molecule has 4 heteroatoms. The van der Waals surface area contributed by atoms with Crippen LogP contribution in [0.2, 0.25) is 0 Å². The lowest BCUT2D eigenvalue weighted by atomic mass is 9.98. The lowest BCUT2D eigenvalue weighted by Crippen LogP contribution is -2.40. The third kappa shape index (κ3) is 9.88. The molecular weight excluding hydrogens is 226 g/mol. The van der Waals surface area contributed by atoms with Crippen LogP contribution in [0.25, 0.3) is 0 Å². The number of amides is 1. The van der Waals surface area contributed by atoms with E-state index < -0.39 is 0 Å². The van der Waals surface area contributed by atoms with E-state index in [2.05, 4.69) is 45.0 Å². The minimum absolute atomic E-state index is 0.0207. The first-order chi connectivity index (χ1) is 8.39. The molecule has 0 saturated heterocycles. The summed E-state index contributed by atoms with van der Waals surface area (Å²) in [6.45, 7) is 10.2. The van der Waals surface area contributed by atoms with Crippen molar-refractivity contribution in [2.75, 3.05) is 19.6 Å². The maximum absolute atomic E-state index is 11.2. The summed E-state index contributed by atoms with van der Waals surface area (Å²) < 4.78 is 0. The van der Waals surface area contributed by atoms with Crippen molar-refractivity contribution in [2.45, 2.75) is 34.1 Å². The van der Waals surface area contributed by atoms with Gasteiger partial charge in [0.15, 0.2) is 0 Å². The second-order valence-corrected chi connectivity index (χ2v) is 5.22. The Morgan fingerprint density at radius 1 is 1.44 bits per heavy atom. The molecule has 0 fully saturated rings. The van der Waals surface area contributed by atoms with Crippen LogP contribution in [-0.4, -0.2) is 30.4 Å². The number of hydrogen-bond donors (Lipinski definition) is 2. The van der Waals surface area contributed by atoms with Gasteiger partial charge in [0, 0.05) is 12.0 Å². The summed E-state index contributed by atoms with van der Waals surface area (Å²) >= 11 is 0. The molecule has 0 aromatic carbocycles. The number of carbonyl (C=O) groups is 1. The maximum atomic E-state index is 11.2. The first-order valence-corrected chi connectivity index (χ1v) is 6.28. The van der Waals surface area contributed by atoms with Crippen molar-refractivity contribution in [1.29, 1.82) is 0 Å². The SMILES string of the molecule is CCCN(CC=CC#CC(C)(C)C)CC(=O)NN. The van der Waals surface area contributed by atoms with Crippen LogP contribution < -0.4 is 11.3 Å². The molecule has 0 radical (unpaired) electrons.